The van der Waals surface area contributed by atoms with Gasteiger partial charge in [-0.2, -0.15) is 0 Å². The summed E-state index contributed by atoms with van der Waals surface area (Å²) in [5.41, 5.74) is 0.137. The molecule has 0 saturated carbocycles. The molecule has 0 amide bonds. The van der Waals surface area contributed by atoms with E-state index in [0.29, 0.717) is 0 Å². The molecule has 2 heterocycles. The lowest BCUT2D eigenvalue weighted by Gasteiger charge is -2.32. The fraction of sp³-hybridized carbons (Fsp3) is 0.692. The SMILES string of the molecule is CC(C)n1cc(C(=O)O)nc1CN1CCN(C)CC1. The summed E-state index contributed by atoms with van der Waals surface area (Å²) >= 11 is 0. The predicted octanol–water partition coefficient (Wildman–Crippen LogP) is 0.910. The highest BCUT2D eigenvalue weighted by Crippen LogP contribution is 2.14. The molecule has 0 atom stereocenters. The average molecular weight is 266 g/mol. The van der Waals surface area contributed by atoms with E-state index in [1.54, 1.807) is 6.20 Å². The van der Waals surface area contributed by atoms with Crippen molar-refractivity contribution in [2.45, 2.75) is 26.4 Å². The molecule has 106 valence electrons. The summed E-state index contributed by atoms with van der Waals surface area (Å²) in [4.78, 5) is 19.9. The lowest BCUT2D eigenvalue weighted by atomic mass is 10.3. The zero-order valence-corrected chi connectivity index (χ0v) is 11.8. The van der Waals surface area contributed by atoms with Crippen molar-refractivity contribution >= 4 is 5.97 Å². The smallest absolute Gasteiger partial charge is 0.356 e. The molecule has 0 aliphatic carbocycles. The summed E-state index contributed by atoms with van der Waals surface area (Å²) in [7, 11) is 2.12. The molecule has 1 aromatic rings. The number of carboxylic acids is 1. The highest BCUT2D eigenvalue weighted by Gasteiger charge is 2.19. The average Bonchev–Trinajstić information content (AvgIpc) is 2.76. The molecule has 0 spiro atoms. The predicted molar refractivity (Wildman–Crippen MR) is 72.3 cm³/mol. The maximum absolute atomic E-state index is 11.0. The molecule has 2 rings (SSSR count). The van der Waals surface area contributed by atoms with Gasteiger partial charge in [-0.15, -0.1) is 0 Å². The summed E-state index contributed by atoms with van der Waals surface area (Å²) in [6, 6.07) is 0.225. The molecule has 0 unspecified atom stereocenters. The van der Waals surface area contributed by atoms with Crippen LogP contribution in [0.2, 0.25) is 0 Å². The third kappa shape index (κ3) is 3.33. The number of carbonyl (C=O) groups is 1. The second-order valence-electron chi connectivity index (χ2n) is 5.43. The van der Waals surface area contributed by atoms with E-state index >= 15 is 0 Å². The van der Waals surface area contributed by atoms with Gasteiger partial charge >= 0.3 is 5.97 Å². The lowest BCUT2D eigenvalue weighted by molar-refractivity contribution is 0.0690. The molecule has 0 radical (unpaired) electrons. The Morgan fingerprint density at radius 3 is 2.53 bits per heavy atom. The molecule has 1 aromatic heterocycles. The van der Waals surface area contributed by atoms with Crippen LogP contribution in [0.1, 0.15) is 36.2 Å². The van der Waals surface area contributed by atoms with Crippen LogP contribution >= 0.6 is 0 Å². The maximum atomic E-state index is 11.0. The van der Waals surface area contributed by atoms with Crippen LogP contribution in [0.3, 0.4) is 0 Å². The van der Waals surface area contributed by atoms with E-state index in [4.69, 9.17) is 5.11 Å². The van der Waals surface area contributed by atoms with E-state index in [2.05, 4.69) is 21.8 Å². The van der Waals surface area contributed by atoms with Gasteiger partial charge in [0, 0.05) is 38.4 Å². The highest BCUT2D eigenvalue weighted by atomic mass is 16.4. The van der Waals surface area contributed by atoms with Crippen LogP contribution < -0.4 is 0 Å². The summed E-state index contributed by atoms with van der Waals surface area (Å²) in [5.74, 6) is -0.115. The molecule has 1 N–H and O–H groups in total. The van der Waals surface area contributed by atoms with Crippen molar-refractivity contribution in [3.63, 3.8) is 0 Å². The topological polar surface area (TPSA) is 61.6 Å². The van der Waals surface area contributed by atoms with Gasteiger partial charge in [-0.1, -0.05) is 0 Å². The van der Waals surface area contributed by atoms with E-state index in [1.165, 1.54) is 0 Å². The third-order valence-electron chi connectivity index (χ3n) is 3.55. The number of likely N-dealkylation sites (N-methyl/N-ethyl adjacent to an activating group) is 1. The summed E-state index contributed by atoms with van der Waals surface area (Å²) < 4.78 is 1.96. The third-order valence-corrected chi connectivity index (χ3v) is 3.55. The van der Waals surface area contributed by atoms with Gasteiger partial charge in [-0.25, -0.2) is 9.78 Å². The fourth-order valence-electron chi connectivity index (χ4n) is 2.31. The number of hydrogen-bond donors (Lipinski definition) is 1. The van der Waals surface area contributed by atoms with Crippen LogP contribution in [0.25, 0.3) is 0 Å². The lowest BCUT2D eigenvalue weighted by Crippen LogP contribution is -2.44. The van der Waals surface area contributed by atoms with E-state index < -0.39 is 5.97 Å². The van der Waals surface area contributed by atoms with Crippen molar-refractivity contribution in [2.75, 3.05) is 33.2 Å². The minimum atomic E-state index is -0.959. The minimum absolute atomic E-state index is 0.137. The van der Waals surface area contributed by atoms with Crippen LogP contribution in [-0.2, 0) is 6.54 Å². The summed E-state index contributed by atoms with van der Waals surface area (Å²) in [6.07, 6.45) is 1.64. The molecule has 1 aliphatic heterocycles. The van der Waals surface area contributed by atoms with E-state index in [9.17, 15) is 4.79 Å². The number of aromatic nitrogens is 2. The number of nitrogens with zero attached hydrogens (tertiary/aromatic N) is 4. The number of imidazole rings is 1. The second-order valence-corrected chi connectivity index (χ2v) is 5.43. The Kier molecular flexibility index (Phi) is 4.21. The molecular formula is C13H22N4O2. The first kappa shape index (κ1) is 14.0. The Bertz CT molecular complexity index is 447. The summed E-state index contributed by atoms with van der Waals surface area (Å²) in [6.45, 7) is 8.91. The fourth-order valence-corrected chi connectivity index (χ4v) is 2.31. The van der Waals surface area contributed by atoms with Crippen molar-refractivity contribution in [3.8, 4) is 0 Å². The minimum Gasteiger partial charge on any atom is -0.476 e. The van der Waals surface area contributed by atoms with E-state index in [-0.39, 0.29) is 11.7 Å². The standard InChI is InChI=1S/C13H22N4O2/c1-10(2)17-8-11(13(18)19)14-12(17)9-16-6-4-15(3)5-7-16/h8,10H,4-7,9H2,1-3H3,(H,18,19). The first-order valence-corrected chi connectivity index (χ1v) is 6.69. The number of carboxylic acid groups (broad SMARTS) is 1. The zero-order valence-electron chi connectivity index (χ0n) is 11.8. The number of piperazine rings is 1. The van der Waals surface area contributed by atoms with Gasteiger partial charge in [0.05, 0.1) is 6.54 Å². The molecule has 0 bridgehead atoms. The number of rotatable bonds is 4. The Balaban J connectivity index is 2.12. The summed E-state index contributed by atoms with van der Waals surface area (Å²) in [5, 5.41) is 9.05. The quantitative estimate of drug-likeness (QED) is 0.877. The Morgan fingerprint density at radius 1 is 1.37 bits per heavy atom. The Labute approximate surface area is 113 Å². The molecule has 1 aliphatic rings. The van der Waals surface area contributed by atoms with E-state index in [0.717, 1.165) is 38.5 Å². The van der Waals surface area contributed by atoms with Crippen LogP contribution in [0.5, 0.6) is 0 Å². The van der Waals surface area contributed by atoms with Crippen LogP contribution in [0.15, 0.2) is 6.20 Å². The highest BCUT2D eigenvalue weighted by molar-refractivity contribution is 5.85. The van der Waals surface area contributed by atoms with Crippen molar-refractivity contribution in [3.05, 3.63) is 17.7 Å². The first-order valence-electron chi connectivity index (χ1n) is 6.69. The molecule has 1 fully saturated rings. The van der Waals surface area contributed by atoms with Gasteiger partial charge in [0.25, 0.3) is 0 Å². The van der Waals surface area contributed by atoms with Crippen molar-refractivity contribution < 1.29 is 9.90 Å². The van der Waals surface area contributed by atoms with Gasteiger partial charge < -0.3 is 14.6 Å². The maximum Gasteiger partial charge on any atom is 0.356 e. The van der Waals surface area contributed by atoms with Gasteiger partial charge in [0.2, 0.25) is 0 Å². The molecule has 19 heavy (non-hydrogen) atoms. The largest absolute Gasteiger partial charge is 0.476 e. The molecule has 0 aromatic carbocycles. The first-order chi connectivity index (χ1) is 8.97. The number of hydrogen-bond acceptors (Lipinski definition) is 4. The molecule has 6 nitrogen and oxygen atoms in total. The van der Waals surface area contributed by atoms with Gasteiger partial charge in [0.15, 0.2) is 5.69 Å². The van der Waals surface area contributed by atoms with Crippen molar-refractivity contribution in [1.29, 1.82) is 0 Å². The van der Waals surface area contributed by atoms with Crippen molar-refractivity contribution in [2.24, 2.45) is 0 Å². The van der Waals surface area contributed by atoms with Crippen LogP contribution in [0.4, 0.5) is 0 Å². The monoisotopic (exact) mass is 266 g/mol. The zero-order chi connectivity index (χ0) is 14.0. The Hall–Kier alpha value is -1.40. The van der Waals surface area contributed by atoms with Gasteiger partial charge in [-0.3, -0.25) is 4.90 Å². The van der Waals surface area contributed by atoms with Gasteiger partial charge in [0.1, 0.15) is 5.82 Å². The number of aromatic carboxylic acids is 1. The van der Waals surface area contributed by atoms with Crippen LogP contribution in [0, 0.1) is 0 Å². The van der Waals surface area contributed by atoms with Gasteiger partial charge in [-0.05, 0) is 20.9 Å². The molecular weight excluding hydrogens is 244 g/mol. The normalized spacial score (nSPS) is 18.1. The van der Waals surface area contributed by atoms with Crippen LogP contribution in [-0.4, -0.2) is 63.7 Å². The van der Waals surface area contributed by atoms with Crippen molar-refractivity contribution in [1.82, 2.24) is 19.4 Å². The Morgan fingerprint density at radius 2 is 2.00 bits per heavy atom. The second kappa shape index (κ2) is 5.71. The molecule has 6 heteroatoms. The molecule has 1 saturated heterocycles. The van der Waals surface area contributed by atoms with E-state index in [1.807, 2.05) is 18.4 Å².